The Bertz CT molecular complexity index is 1820. The standard InChI is InChI=1S/C30H34FN5O2.2C2HF3O2/c1-6-37-24-14-22(28(31)27(15-24)38-18(2)3)17-36(23-11-9-21(10-12-23)29(32)33)30-34-16-26(35-30)25-13-19(4)7-8-20(25)5;2*3-2(4,5)1(6)7/h7-16,18H,6,17H2,1-5H3,(H3,32,33)(H,34,35);2*(H,6,7). The second-order valence-electron chi connectivity index (χ2n) is 11.1. The van der Waals surface area contributed by atoms with Crippen molar-refractivity contribution in [3.8, 4) is 22.8 Å². The lowest BCUT2D eigenvalue weighted by atomic mass is 10.0. The van der Waals surface area contributed by atoms with Crippen molar-refractivity contribution in [2.75, 3.05) is 11.5 Å². The molecule has 0 saturated heterocycles. The number of hydrogen-bond donors (Lipinski definition) is 5. The number of aromatic nitrogens is 2. The molecule has 282 valence electrons. The summed E-state index contributed by atoms with van der Waals surface area (Å²) in [6.45, 7) is 10.3. The molecule has 0 bridgehead atoms. The molecule has 1 heterocycles. The second kappa shape index (κ2) is 17.9. The summed E-state index contributed by atoms with van der Waals surface area (Å²) < 4.78 is 90.7. The summed E-state index contributed by atoms with van der Waals surface area (Å²) in [5.74, 6) is -4.77. The minimum absolute atomic E-state index is 0.0238. The van der Waals surface area contributed by atoms with E-state index in [9.17, 15) is 26.3 Å². The van der Waals surface area contributed by atoms with E-state index in [1.165, 1.54) is 0 Å². The van der Waals surface area contributed by atoms with E-state index in [4.69, 9.17) is 40.4 Å². The van der Waals surface area contributed by atoms with Gasteiger partial charge in [-0.25, -0.2) is 19.0 Å². The SMILES string of the molecule is CCOc1cc(CN(c2ccc(C(=N)N)cc2)c2ncc(-c3cc(C)ccc3C)[nH]2)c(F)c(OC(C)C)c1.O=C(O)C(F)(F)F.O=C(O)C(F)(F)F. The zero-order chi connectivity index (χ0) is 39.6. The lowest BCUT2D eigenvalue weighted by Crippen LogP contribution is -2.21. The Hall–Kier alpha value is -5.81. The average molecular weight is 744 g/mol. The van der Waals surface area contributed by atoms with E-state index in [2.05, 4.69) is 35.1 Å². The number of alkyl halides is 6. The number of hydrogen-bond acceptors (Lipinski definition) is 7. The molecule has 0 atom stereocenters. The molecule has 18 heteroatoms. The number of carbonyl (C=O) groups is 2. The van der Waals surface area contributed by atoms with Crippen LogP contribution < -0.4 is 20.1 Å². The summed E-state index contributed by atoms with van der Waals surface area (Å²) in [5, 5.41) is 22.0. The van der Waals surface area contributed by atoms with Gasteiger partial charge in [0, 0.05) is 28.4 Å². The van der Waals surface area contributed by atoms with Gasteiger partial charge in [-0.15, -0.1) is 0 Å². The number of aliphatic carboxylic acids is 2. The fourth-order valence-corrected chi connectivity index (χ4v) is 4.22. The van der Waals surface area contributed by atoms with Gasteiger partial charge < -0.3 is 35.3 Å². The molecule has 11 nitrogen and oxygen atoms in total. The van der Waals surface area contributed by atoms with E-state index in [0.29, 0.717) is 29.4 Å². The normalized spacial score (nSPS) is 11.1. The number of rotatable bonds is 10. The van der Waals surface area contributed by atoms with Crippen LogP contribution in [0.25, 0.3) is 11.3 Å². The molecule has 1 aromatic heterocycles. The first-order valence-electron chi connectivity index (χ1n) is 15.1. The third-order valence-corrected chi connectivity index (χ3v) is 6.57. The highest BCUT2D eigenvalue weighted by Gasteiger charge is 2.39. The summed E-state index contributed by atoms with van der Waals surface area (Å²) >= 11 is 0. The summed E-state index contributed by atoms with van der Waals surface area (Å²) in [7, 11) is 0. The Balaban J connectivity index is 0.000000564. The van der Waals surface area contributed by atoms with Gasteiger partial charge in [0.25, 0.3) is 0 Å². The fourth-order valence-electron chi connectivity index (χ4n) is 4.22. The van der Waals surface area contributed by atoms with Gasteiger partial charge in [-0.1, -0.05) is 17.7 Å². The van der Waals surface area contributed by atoms with Crippen LogP contribution in [0.4, 0.5) is 42.4 Å². The first-order valence-corrected chi connectivity index (χ1v) is 15.1. The quantitative estimate of drug-likeness (QED) is 0.0614. The molecular weight excluding hydrogens is 707 g/mol. The van der Waals surface area contributed by atoms with E-state index in [-0.39, 0.29) is 24.2 Å². The second-order valence-corrected chi connectivity index (χ2v) is 11.1. The zero-order valence-corrected chi connectivity index (χ0v) is 28.4. The van der Waals surface area contributed by atoms with E-state index < -0.39 is 30.1 Å². The Labute approximate surface area is 293 Å². The van der Waals surface area contributed by atoms with Crippen LogP contribution in [0.1, 0.15) is 43.0 Å². The molecule has 3 aromatic carbocycles. The smallest absolute Gasteiger partial charge is 0.490 e. The monoisotopic (exact) mass is 743 g/mol. The number of nitrogens with two attached hydrogens (primary N) is 1. The van der Waals surface area contributed by atoms with Crippen molar-refractivity contribution in [1.82, 2.24) is 9.97 Å². The molecule has 4 aromatic rings. The molecule has 0 fully saturated rings. The maximum absolute atomic E-state index is 15.7. The predicted molar refractivity (Wildman–Crippen MR) is 178 cm³/mol. The summed E-state index contributed by atoms with van der Waals surface area (Å²) in [6.07, 6.45) is -8.58. The molecule has 0 aliphatic carbocycles. The Morgan fingerprint density at radius 2 is 1.52 bits per heavy atom. The maximum atomic E-state index is 15.7. The van der Waals surface area contributed by atoms with Crippen LogP contribution in [0.3, 0.4) is 0 Å². The van der Waals surface area contributed by atoms with Crippen LogP contribution in [0.2, 0.25) is 0 Å². The summed E-state index contributed by atoms with van der Waals surface area (Å²) in [4.78, 5) is 27.8. The number of imidazole rings is 1. The van der Waals surface area contributed by atoms with Crippen LogP contribution in [0, 0.1) is 25.1 Å². The number of H-pyrrole nitrogens is 1. The van der Waals surface area contributed by atoms with Crippen LogP contribution in [-0.2, 0) is 16.1 Å². The maximum Gasteiger partial charge on any atom is 0.490 e. The van der Waals surface area contributed by atoms with Gasteiger partial charge >= 0.3 is 24.3 Å². The topological polar surface area (TPSA) is 175 Å². The van der Waals surface area contributed by atoms with Gasteiger partial charge in [0.1, 0.15) is 11.6 Å². The van der Waals surface area contributed by atoms with Crippen molar-refractivity contribution < 1.29 is 60.0 Å². The fraction of sp³-hybridized carbons (Fsp3) is 0.294. The number of nitrogens with zero attached hydrogens (tertiary/aromatic N) is 2. The highest BCUT2D eigenvalue weighted by atomic mass is 19.4. The molecule has 0 unspecified atom stereocenters. The number of nitrogen functional groups attached to an aromatic ring is 1. The van der Waals surface area contributed by atoms with E-state index in [0.717, 1.165) is 28.1 Å². The molecule has 52 heavy (non-hydrogen) atoms. The number of carboxylic acids is 2. The highest BCUT2D eigenvalue weighted by Crippen LogP contribution is 2.34. The molecule has 4 rings (SSSR count). The van der Waals surface area contributed by atoms with E-state index >= 15 is 4.39 Å². The lowest BCUT2D eigenvalue weighted by Gasteiger charge is -2.24. The van der Waals surface area contributed by atoms with Crippen molar-refractivity contribution in [2.45, 2.75) is 59.6 Å². The van der Waals surface area contributed by atoms with E-state index in [1.807, 2.05) is 44.7 Å². The Morgan fingerprint density at radius 1 is 0.962 bits per heavy atom. The van der Waals surface area contributed by atoms with Crippen LogP contribution in [0.5, 0.6) is 11.5 Å². The lowest BCUT2D eigenvalue weighted by molar-refractivity contribution is -0.193. The number of ether oxygens (including phenoxy) is 2. The molecule has 0 radical (unpaired) electrons. The zero-order valence-electron chi connectivity index (χ0n) is 28.4. The highest BCUT2D eigenvalue weighted by molar-refractivity contribution is 5.95. The number of benzene rings is 3. The first kappa shape index (κ1) is 42.4. The molecule has 0 saturated carbocycles. The van der Waals surface area contributed by atoms with Crippen molar-refractivity contribution in [1.29, 1.82) is 5.41 Å². The van der Waals surface area contributed by atoms with Gasteiger partial charge in [-0.3, -0.25) is 5.41 Å². The number of nitrogens with one attached hydrogen (secondary N) is 2. The van der Waals surface area contributed by atoms with Crippen LogP contribution >= 0.6 is 0 Å². The van der Waals surface area contributed by atoms with Gasteiger partial charge in [0.2, 0.25) is 5.95 Å². The van der Waals surface area contributed by atoms with Crippen LogP contribution in [0.15, 0.2) is 60.8 Å². The van der Waals surface area contributed by atoms with E-state index in [1.54, 1.807) is 30.5 Å². The number of aromatic amines is 1. The van der Waals surface area contributed by atoms with Gasteiger partial charge in [-0.2, -0.15) is 26.3 Å². The number of carboxylic acid groups (broad SMARTS) is 2. The molecule has 0 spiro atoms. The van der Waals surface area contributed by atoms with Gasteiger partial charge in [-0.05, 0) is 76.6 Å². The third-order valence-electron chi connectivity index (χ3n) is 6.57. The first-order chi connectivity index (χ1) is 24.0. The van der Waals surface area contributed by atoms with Crippen molar-refractivity contribution in [3.05, 3.63) is 88.9 Å². The molecule has 0 aliphatic heterocycles. The number of anilines is 2. The number of halogens is 7. The molecule has 6 N–H and O–H groups in total. The predicted octanol–water partition coefficient (Wildman–Crippen LogP) is 7.91. The summed E-state index contributed by atoms with van der Waals surface area (Å²) in [5.41, 5.74) is 11.6. The van der Waals surface area contributed by atoms with Gasteiger partial charge in [0.15, 0.2) is 11.6 Å². The minimum Gasteiger partial charge on any atom is -0.494 e. The molecule has 0 aliphatic rings. The number of amidine groups is 1. The third kappa shape index (κ3) is 12.5. The van der Waals surface area contributed by atoms with Crippen molar-refractivity contribution >= 4 is 29.4 Å². The Morgan fingerprint density at radius 3 is 2.00 bits per heavy atom. The largest absolute Gasteiger partial charge is 0.494 e. The Kier molecular flexibility index (Phi) is 14.6. The molecule has 0 amide bonds. The van der Waals surface area contributed by atoms with Gasteiger partial charge in [0.05, 0.1) is 31.1 Å². The average Bonchev–Trinajstić information content (AvgIpc) is 3.52. The van der Waals surface area contributed by atoms with Crippen molar-refractivity contribution in [3.63, 3.8) is 0 Å². The minimum atomic E-state index is -5.08. The summed E-state index contributed by atoms with van der Waals surface area (Å²) in [6, 6.07) is 16.7. The van der Waals surface area contributed by atoms with Crippen LogP contribution in [-0.4, -0.2) is 63.0 Å². The van der Waals surface area contributed by atoms with Crippen molar-refractivity contribution in [2.24, 2.45) is 5.73 Å². The molecular formula is C34H36F7N5O6. The number of aryl methyl sites for hydroxylation is 2.